The Morgan fingerprint density at radius 3 is 2.36 bits per heavy atom. The van der Waals surface area contributed by atoms with Gasteiger partial charge in [-0.1, -0.05) is 23.7 Å². The molecule has 170 valence electrons. The topological polar surface area (TPSA) is 102 Å². The monoisotopic (exact) mass is 466 g/mol. The summed E-state index contributed by atoms with van der Waals surface area (Å²) in [5.74, 6) is 1.22. The van der Waals surface area contributed by atoms with E-state index < -0.39 is 5.54 Å². The quantitative estimate of drug-likeness (QED) is 0.522. The summed E-state index contributed by atoms with van der Waals surface area (Å²) in [6.07, 6.45) is 6.26. The molecule has 1 aliphatic rings. The van der Waals surface area contributed by atoms with Crippen molar-refractivity contribution < 1.29 is 19.1 Å². The first kappa shape index (κ1) is 22.5. The van der Waals surface area contributed by atoms with Crippen LogP contribution >= 0.6 is 11.6 Å². The Morgan fingerprint density at radius 1 is 1.06 bits per heavy atom. The minimum atomic E-state index is -0.902. The van der Waals surface area contributed by atoms with Gasteiger partial charge in [0.2, 0.25) is 5.91 Å². The first-order valence-corrected chi connectivity index (χ1v) is 10.8. The fourth-order valence-electron chi connectivity index (χ4n) is 3.49. The van der Waals surface area contributed by atoms with Crippen LogP contribution in [0.25, 0.3) is 0 Å². The molecule has 0 radical (unpaired) electrons. The number of carbonyl (C=O) groups is 2. The second kappa shape index (κ2) is 9.87. The van der Waals surface area contributed by atoms with Gasteiger partial charge in [-0.2, -0.15) is 0 Å². The first-order valence-electron chi connectivity index (χ1n) is 10.5. The second-order valence-corrected chi connectivity index (χ2v) is 8.15. The number of ether oxygens (including phenoxy) is 2. The largest absolute Gasteiger partial charge is 0.497 e. The lowest BCUT2D eigenvalue weighted by Gasteiger charge is -2.40. The maximum absolute atomic E-state index is 12.9. The van der Waals surface area contributed by atoms with Crippen LogP contribution in [0.3, 0.4) is 0 Å². The summed E-state index contributed by atoms with van der Waals surface area (Å²) in [5.41, 5.74) is 0.319. The molecule has 33 heavy (non-hydrogen) atoms. The van der Waals surface area contributed by atoms with E-state index in [1.165, 1.54) is 18.7 Å². The number of aromatic nitrogens is 2. The molecule has 0 spiro atoms. The molecule has 2 aromatic carbocycles. The van der Waals surface area contributed by atoms with E-state index in [9.17, 15) is 9.59 Å². The number of hydrogen-bond acceptors (Lipinski definition) is 6. The molecule has 0 bridgehead atoms. The van der Waals surface area contributed by atoms with Crippen LogP contribution in [-0.2, 0) is 11.3 Å². The number of hydrogen-bond donors (Lipinski definition) is 2. The van der Waals surface area contributed by atoms with Crippen LogP contribution in [0.4, 0.5) is 0 Å². The molecule has 1 heterocycles. The van der Waals surface area contributed by atoms with Crippen LogP contribution in [0.1, 0.15) is 35.2 Å². The van der Waals surface area contributed by atoms with E-state index in [1.807, 2.05) is 12.1 Å². The van der Waals surface area contributed by atoms with E-state index in [2.05, 4.69) is 20.6 Å². The summed E-state index contributed by atoms with van der Waals surface area (Å²) in [6.45, 7) is 0.328. The van der Waals surface area contributed by atoms with Crippen LogP contribution in [0.2, 0.25) is 5.02 Å². The zero-order valence-corrected chi connectivity index (χ0v) is 18.8. The fourth-order valence-corrected chi connectivity index (χ4v) is 3.70. The molecule has 1 aliphatic carbocycles. The highest BCUT2D eigenvalue weighted by molar-refractivity contribution is 6.32. The van der Waals surface area contributed by atoms with E-state index in [1.54, 1.807) is 37.4 Å². The molecule has 1 fully saturated rings. The first-order chi connectivity index (χ1) is 16.0. The summed E-state index contributed by atoms with van der Waals surface area (Å²) < 4.78 is 11.0. The van der Waals surface area contributed by atoms with E-state index in [4.69, 9.17) is 21.1 Å². The van der Waals surface area contributed by atoms with Crippen LogP contribution < -0.4 is 20.1 Å². The van der Waals surface area contributed by atoms with Crippen molar-refractivity contribution in [3.8, 4) is 17.2 Å². The van der Waals surface area contributed by atoms with Gasteiger partial charge in [0.25, 0.3) is 5.91 Å². The molecule has 8 nitrogen and oxygen atoms in total. The highest BCUT2D eigenvalue weighted by Gasteiger charge is 2.45. The lowest BCUT2D eigenvalue weighted by atomic mass is 9.75. The summed E-state index contributed by atoms with van der Waals surface area (Å²) in [5, 5.41) is 6.23. The minimum absolute atomic E-state index is 0.204. The van der Waals surface area contributed by atoms with Crippen LogP contribution in [0.15, 0.2) is 61.2 Å². The van der Waals surface area contributed by atoms with Gasteiger partial charge < -0.3 is 20.1 Å². The van der Waals surface area contributed by atoms with E-state index >= 15 is 0 Å². The highest BCUT2D eigenvalue weighted by Crippen LogP contribution is 2.33. The third-order valence-corrected chi connectivity index (χ3v) is 5.86. The SMILES string of the molecule is COc1ccc(Oc2ccc(CNC(=O)C3(NC(=O)c4cncnc4)CCC3)cc2)c(Cl)c1. The third kappa shape index (κ3) is 5.23. The van der Waals surface area contributed by atoms with Gasteiger partial charge in [0, 0.05) is 25.0 Å². The average Bonchev–Trinajstić information content (AvgIpc) is 2.82. The number of nitrogens with one attached hydrogen (secondary N) is 2. The van der Waals surface area contributed by atoms with Gasteiger partial charge >= 0.3 is 0 Å². The Balaban J connectivity index is 1.34. The van der Waals surface area contributed by atoms with Crippen molar-refractivity contribution in [2.45, 2.75) is 31.3 Å². The zero-order valence-electron chi connectivity index (χ0n) is 18.0. The smallest absolute Gasteiger partial charge is 0.255 e. The Hall–Kier alpha value is -3.65. The van der Waals surface area contributed by atoms with Crippen molar-refractivity contribution >= 4 is 23.4 Å². The molecular weight excluding hydrogens is 444 g/mol. The molecule has 2 amide bonds. The number of nitrogens with zero attached hydrogens (tertiary/aromatic N) is 2. The second-order valence-electron chi connectivity index (χ2n) is 7.74. The predicted octanol–water partition coefficient (Wildman–Crippen LogP) is 3.90. The maximum atomic E-state index is 12.9. The van der Waals surface area contributed by atoms with Crippen LogP contribution in [-0.4, -0.2) is 34.4 Å². The lowest BCUT2D eigenvalue weighted by Crippen LogP contribution is -2.62. The standard InChI is InChI=1S/C24H23ClN4O4/c1-32-19-7-8-21(20(25)11-19)33-18-5-3-16(4-6-18)12-28-23(31)24(9-2-10-24)29-22(30)17-13-26-15-27-14-17/h3-8,11,13-15H,2,9-10,12H2,1H3,(H,28,31)(H,29,30). The summed E-state index contributed by atoms with van der Waals surface area (Å²) >= 11 is 6.22. The molecule has 0 atom stereocenters. The summed E-state index contributed by atoms with van der Waals surface area (Å²) in [4.78, 5) is 33.1. The van der Waals surface area contributed by atoms with E-state index in [0.29, 0.717) is 47.2 Å². The molecule has 0 saturated heterocycles. The Bertz CT molecular complexity index is 1130. The average molecular weight is 467 g/mol. The third-order valence-electron chi connectivity index (χ3n) is 5.56. The number of methoxy groups -OCH3 is 1. The molecule has 0 unspecified atom stereocenters. The van der Waals surface area contributed by atoms with Crippen LogP contribution in [0.5, 0.6) is 17.2 Å². The number of rotatable bonds is 8. The van der Waals surface area contributed by atoms with Crippen molar-refractivity contribution in [1.82, 2.24) is 20.6 Å². The molecule has 3 aromatic rings. The number of benzene rings is 2. The molecule has 9 heteroatoms. The number of carbonyl (C=O) groups excluding carboxylic acids is 2. The Kier molecular flexibility index (Phi) is 6.74. The number of halogens is 1. The lowest BCUT2D eigenvalue weighted by molar-refractivity contribution is -0.130. The van der Waals surface area contributed by atoms with Gasteiger partial charge in [0.15, 0.2) is 0 Å². The van der Waals surface area contributed by atoms with Crippen molar-refractivity contribution in [3.05, 3.63) is 77.3 Å². The van der Waals surface area contributed by atoms with Gasteiger partial charge in [-0.15, -0.1) is 0 Å². The molecular formula is C24H23ClN4O4. The van der Waals surface area contributed by atoms with Crippen LogP contribution in [0, 0.1) is 0 Å². The summed E-state index contributed by atoms with van der Waals surface area (Å²) in [6, 6.07) is 12.5. The van der Waals surface area contributed by atoms with Gasteiger partial charge in [-0.3, -0.25) is 9.59 Å². The van der Waals surface area contributed by atoms with E-state index in [0.717, 1.165) is 12.0 Å². The normalized spacial score (nSPS) is 14.0. The fraction of sp³-hybridized carbons (Fsp3) is 0.250. The molecule has 0 aliphatic heterocycles. The van der Waals surface area contributed by atoms with Crippen molar-refractivity contribution in [2.24, 2.45) is 0 Å². The number of amides is 2. The Labute approximate surface area is 196 Å². The maximum Gasteiger partial charge on any atom is 0.255 e. The molecule has 2 N–H and O–H groups in total. The van der Waals surface area contributed by atoms with Crippen molar-refractivity contribution in [2.75, 3.05) is 7.11 Å². The van der Waals surface area contributed by atoms with E-state index in [-0.39, 0.29) is 11.8 Å². The molecule has 1 saturated carbocycles. The van der Waals surface area contributed by atoms with Gasteiger partial charge in [0.1, 0.15) is 29.1 Å². The summed E-state index contributed by atoms with van der Waals surface area (Å²) in [7, 11) is 1.57. The van der Waals surface area contributed by atoms with Crippen molar-refractivity contribution in [3.63, 3.8) is 0 Å². The van der Waals surface area contributed by atoms with Crippen molar-refractivity contribution in [1.29, 1.82) is 0 Å². The minimum Gasteiger partial charge on any atom is -0.497 e. The molecule has 1 aromatic heterocycles. The van der Waals surface area contributed by atoms with Gasteiger partial charge in [0.05, 0.1) is 17.7 Å². The molecule has 4 rings (SSSR count). The van der Waals surface area contributed by atoms with Gasteiger partial charge in [-0.05, 0) is 49.1 Å². The Morgan fingerprint density at radius 2 is 1.76 bits per heavy atom. The van der Waals surface area contributed by atoms with Gasteiger partial charge in [-0.25, -0.2) is 9.97 Å². The highest BCUT2D eigenvalue weighted by atomic mass is 35.5. The zero-order chi connectivity index (χ0) is 23.3. The predicted molar refractivity (Wildman–Crippen MR) is 122 cm³/mol.